The molecule has 0 N–H and O–H groups in total. The highest BCUT2D eigenvalue weighted by Gasteiger charge is 2.20. The van der Waals surface area contributed by atoms with Gasteiger partial charge in [0.25, 0.3) is 5.56 Å². The predicted octanol–water partition coefficient (Wildman–Crippen LogP) is 3.27. The minimum Gasteiger partial charge on any atom is -0.318 e. The first-order valence-corrected chi connectivity index (χ1v) is 8.17. The molecule has 0 radical (unpaired) electrons. The summed E-state index contributed by atoms with van der Waals surface area (Å²) in [6.45, 7) is 0. The van der Waals surface area contributed by atoms with Gasteiger partial charge in [0.05, 0.1) is 12.0 Å². The zero-order valence-corrected chi connectivity index (χ0v) is 14.5. The molecule has 0 fully saturated rings. The number of halogens is 4. The Morgan fingerprint density at radius 1 is 0.964 bits per heavy atom. The van der Waals surface area contributed by atoms with Gasteiger partial charge >= 0.3 is 0 Å². The number of hydrogen-bond donors (Lipinski definition) is 0. The van der Waals surface area contributed by atoms with Crippen molar-refractivity contribution in [3.05, 3.63) is 87.7 Å². The minimum atomic E-state index is -1.09. The topological polar surface area (TPSA) is 52.7 Å². The summed E-state index contributed by atoms with van der Waals surface area (Å²) in [5.41, 5.74) is -0.484. The third-order valence-corrected chi connectivity index (χ3v) is 4.33. The molecule has 142 valence electrons. The Hall–Kier alpha value is -3.49. The van der Waals surface area contributed by atoms with E-state index in [0.717, 1.165) is 16.7 Å². The molecule has 4 rings (SSSR count). The van der Waals surface area contributed by atoms with Gasteiger partial charge in [0.1, 0.15) is 29.1 Å². The Morgan fingerprint density at radius 3 is 2.25 bits per heavy atom. The van der Waals surface area contributed by atoms with Crippen molar-refractivity contribution < 1.29 is 17.6 Å². The molecule has 0 spiro atoms. The molecule has 2 aromatic carbocycles. The lowest BCUT2D eigenvalue weighted by molar-refractivity contribution is 0.525. The highest BCUT2D eigenvalue weighted by molar-refractivity contribution is 5.70. The van der Waals surface area contributed by atoms with E-state index in [0.29, 0.717) is 12.1 Å². The third-order valence-electron chi connectivity index (χ3n) is 4.33. The molecule has 2 heterocycles. The van der Waals surface area contributed by atoms with Crippen LogP contribution in [0.2, 0.25) is 0 Å². The summed E-state index contributed by atoms with van der Waals surface area (Å²) in [7, 11) is 1.62. The maximum atomic E-state index is 14.2. The molecule has 0 saturated carbocycles. The lowest BCUT2D eigenvalue weighted by Crippen LogP contribution is -2.25. The summed E-state index contributed by atoms with van der Waals surface area (Å²) in [5, 5.41) is 0. The maximum Gasteiger partial charge on any atom is 0.286 e. The monoisotopic (exact) mass is 388 g/mol. The van der Waals surface area contributed by atoms with Crippen LogP contribution in [0.5, 0.6) is 0 Å². The van der Waals surface area contributed by atoms with Crippen LogP contribution in [0.1, 0.15) is 11.4 Å². The summed E-state index contributed by atoms with van der Waals surface area (Å²) in [6, 6.07) is 6.09. The van der Waals surface area contributed by atoms with E-state index in [1.165, 1.54) is 23.0 Å². The SMILES string of the molecule is Cn1cnc2c(=O)n(-c3ccc(F)cc3)c(Cc3c(F)cc(F)cc3F)nc21. The van der Waals surface area contributed by atoms with Crippen LogP contribution in [0.25, 0.3) is 16.9 Å². The molecule has 0 saturated heterocycles. The van der Waals surface area contributed by atoms with E-state index in [4.69, 9.17) is 0 Å². The van der Waals surface area contributed by atoms with Gasteiger partial charge in [-0.15, -0.1) is 0 Å². The molecule has 0 atom stereocenters. The standard InChI is InChI=1S/C19H12F4N4O/c1-26-9-24-17-18(26)25-16(8-13-14(22)6-11(21)7-15(13)23)27(19(17)28)12-4-2-10(20)3-5-12/h2-7,9H,8H2,1H3. The van der Waals surface area contributed by atoms with E-state index in [-0.39, 0.29) is 22.7 Å². The summed E-state index contributed by atoms with van der Waals surface area (Å²) in [6.07, 6.45) is 0.961. The van der Waals surface area contributed by atoms with Crippen molar-refractivity contribution in [1.82, 2.24) is 19.1 Å². The Kier molecular flexibility index (Phi) is 4.21. The number of hydrogen-bond acceptors (Lipinski definition) is 3. The zero-order chi connectivity index (χ0) is 20.0. The van der Waals surface area contributed by atoms with Gasteiger partial charge in [0.15, 0.2) is 11.2 Å². The first-order chi connectivity index (χ1) is 13.3. The van der Waals surface area contributed by atoms with Crippen LogP contribution in [0.4, 0.5) is 17.6 Å². The fraction of sp³-hybridized carbons (Fsp3) is 0.105. The molecular formula is C19H12F4N4O. The van der Waals surface area contributed by atoms with Crippen LogP contribution in [0, 0.1) is 23.3 Å². The number of aryl methyl sites for hydroxylation is 1. The average molecular weight is 388 g/mol. The fourth-order valence-electron chi connectivity index (χ4n) is 2.98. The molecular weight excluding hydrogens is 376 g/mol. The largest absolute Gasteiger partial charge is 0.318 e. The lowest BCUT2D eigenvalue weighted by Gasteiger charge is -2.13. The smallest absolute Gasteiger partial charge is 0.286 e. The highest BCUT2D eigenvalue weighted by Crippen LogP contribution is 2.20. The molecule has 9 heteroatoms. The van der Waals surface area contributed by atoms with Crippen LogP contribution >= 0.6 is 0 Å². The van der Waals surface area contributed by atoms with Gasteiger partial charge in [-0.3, -0.25) is 9.36 Å². The van der Waals surface area contributed by atoms with Gasteiger partial charge in [0, 0.05) is 31.2 Å². The van der Waals surface area contributed by atoms with E-state index >= 15 is 0 Å². The molecule has 0 bridgehead atoms. The fourth-order valence-corrected chi connectivity index (χ4v) is 2.98. The number of rotatable bonds is 3. The van der Waals surface area contributed by atoms with Crippen molar-refractivity contribution in [2.75, 3.05) is 0 Å². The molecule has 0 aliphatic rings. The molecule has 0 unspecified atom stereocenters. The average Bonchev–Trinajstić information content (AvgIpc) is 3.01. The van der Waals surface area contributed by atoms with E-state index in [1.807, 2.05) is 0 Å². The highest BCUT2D eigenvalue weighted by atomic mass is 19.1. The molecule has 4 aromatic rings. The summed E-state index contributed by atoms with van der Waals surface area (Å²) in [4.78, 5) is 21.3. The van der Waals surface area contributed by atoms with Crippen LogP contribution in [-0.2, 0) is 13.5 Å². The van der Waals surface area contributed by atoms with Crippen molar-refractivity contribution in [2.45, 2.75) is 6.42 Å². The second-order valence-electron chi connectivity index (χ2n) is 6.20. The van der Waals surface area contributed by atoms with Crippen molar-refractivity contribution in [1.29, 1.82) is 0 Å². The van der Waals surface area contributed by atoms with Gasteiger partial charge in [-0.1, -0.05) is 0 Å². The Bertz CT molecular complexity index is 1240. The van der Waals surface area contributed by atoms with E-state index in [2.05, 4.69) is 9.97 Å². The molecule has 0 aliphatic carbocycles. The van der Waals surface area contributed by atoms with Crippen molar-refractivity contribution in [3.8, 4) is 5.69 Å². The second kappa shape index (κ2) is 6.59. The molecule has 28 heavy (non-hydrogen) atoms. The van der Waals surface area contributed by atoms with Gasteiger partial charge in [-0.2, -0.15) is 0 Å². The molecule has 0 aliphatic heterocycles. The summed E-state index contributed by atoms with van der Waals surface area (Å²) < 4.78 is 57.4. The van der Waals surface area contributed by atoms with Crippen LogP contribution in [0.3, 0.4) is 0 Å². The first kappa shape index (κ1) is 17.9. The van der Waals surface area contributed by atoms with Crippen LogP contribution in [0.15, 0.2) is 47.5 Å². The van der Waals surface area contributed by atoms with Gasteiger partial charge in [0.2, 0.25) is 0 Å². The van der Waals surface area contributed by atoms with Gasteiger partial charge in [-0.25, -0.2) is 27.5 Å². The van der Waals surface area contributed by atoms with E-state index in [1.54, 1.807) is 7.05 Å². The maximum absolute atomic E-state index is 14.2. The Labute approximate surface area is 155 Å². The summed E-state index contributed by atoms with van der Waals surface area (Å²) >= 11 is 0. The first-order valence-electron chi connectivity index (χ1n) is 8.17. The van der Waals surface area contributed by atoms with Gasteiger partial charge in [-0.05, 0) is 24.3 Å². The summed E-state index contributed by atoms with van der Waals surface area (Å²) in [5.74, 6) is -3.76. The number of aromatic nitrogens is 4. The van der Waals surface area contributed by atoms with Gasteiger partial charge < -0.3 is 4.57 Å². The normalized spacial score (nSPS) is 11.3. The molecule has 0 amide bonds. The number of fused-ring (bicyclic) bond motifs is 1. The second-order valence-corrected chi connectivity index (χ2v) is 6.20. The lowest BCUT2D eigenvalue weighted by atomic mass is 10.1. The Balaban J connectivity index is 1.99. The van der Waals surface area contributed by atoms with Crippen molar-refractivity contribution >= 4 is 11.2 Å². The Morgan fingerprint density at radius 2 is 1.61 bits per heavy atom. The number of benzene rings is 2. The predicted molar refractivity (Wildman–Crippen MR) is 93.2 cm³/mol. The number of nitrogens with zero attached hydrogens (tertiary/aromatic N) is 4. The minimum absolute atomic E-state index is 0.00267. The van der Waals surface area contributed by atoms with Crippen molar-refractivity contribution in [3.63, 3.8) is 0 Å². The van der Waals surface area contributed by atoms with E-state index < -0.39 is 40.8 Å². The van der Waals surface area contributed by atoms with E-state index in [9.17, 15) is 22.4 Å². The van der Waals surface area contributed by atoms with Crippen LogP contribution in [-0.4, -0.2) is 19.1 Å². The number of imidazole rings is 1. The third kappa shape index (κ3) is 2.94. The molecule has 2 aromatic heterocycles. The quantitative estimate of drug-likeness (QED) is 0.506. The van der Waals surface area contributed by atoms with Crippen molar-refractivity contribution in [2.24, 2.45) is 7.05 Å². The van der Waals surface area contributed by atoms with Crippen LogP contribution < -0.4 is 5.56 Å². The molecule has 5 nitrogen and oxygen atoms in total. The zero-order valence-electron chi connectivity index (χ0n) is 14.5.